The second kappa shape index (κ2) is 5.80. The molecule has 0 aliphatic carbocycles. The molecule has 4 nitrogen and oxygen atoms in total. The van der Waals surface area contributed by atoms with Gasteiger partial charge in [0.2, 0.25) is 0 Å². The zero-order chi connectivity index (χ0) is 11.3. The van der Waals surface area contributed by atoms with Crippen LogP contribution in [0.4, 0.5) is 0 Å². The first-order valence-corrected chi connectivity index (χ1v) is 5.86. The Bertz CT molecular complexity index is 299. The van der Waals surface area contributed by atoms with Crippen LogP contribution in [0.3, 0.4) is 0 Å². The largest absolute Gasteiger partial charge is 0.480 e. The number of carboxylic acid groups (broad SMARTS) is 1. The average molecular weight is 229 g/mol. The average Bonchev–Trinajstić information content (AvgIpc) is 2.62. The Kier molecular flexibility index (Phi) is 4.68. The molecule has 0 aromatic rings. The third-order valence-corrected chi connectivity index (χ3v) is 3.14. The number of carboxylic acids is 1. The van der Waals surface area contributed by atoms with Gasteiger partial charge < -0.3 is 9.94 Å². The summed E-state index contributed by atoms with van der Waals surface area (Å²) in [5.74, 6) is -0.811. The van der Waals surface area contributed by atoms with Gasteiger partial charge in [0.15, 0.2) is 0 Å². The van der Waals surface area contributed by atoms with E-state index in [2.05, 4.69) is 5.16 Å². The van der Waals surface area contributed by atoms with Crippen LogP contribution in [-0.4, -0.2) is 28.0 Å². The van der Waals surface area contributed by atoms with Gasteiger partial charge in [-0.15, -0.1) is 0 Å². The Hall–Kier alpha value is -0.970. The zero-order valence-corrected chi connectivity index (χ0v) is 9.71. The Labute approximate surface area is 93.4 Å². The highest BCUT2D eigenvalue weighted by Gasteiger charge is 2.29. The van der Waals surface area contributed by atoms with Crippen molar-refractivity contribution in [3.8, 4) is 0 Å². The van der Waals surface area contributed by atoms with Crippen molar-refractivity contribution >= 4 is 22.8 Å². The molecule has 1 N–H and O–H groups in total. The quantitative estimate of drug-likeness (QED) is 0.580. The first-order chi connectivity index (χ1) is 7.19. The lowest BCUT2D eigenvalue weighted by molar-refractivity contribution is -0.135. The van der Waals surface area contributed by atoms with Gasteiger partial charge in [0.05, 0.1) is 0 Å². The number of rotatable bonds is 5. The van der Waals surface area contributed by atoms with E-state index in [1.54, 1.807) is 6.08 Å². The molecular weight excluding hydrogens is 214 g/mol. The highest BCUT2D eigenvalue weighted by atomic mass is 32.2. The molecule has 1 rings (SSSR count). The summed E-state index contributed by atoms with van der Waals surface area (Å²) >= 11 is 1.23. The molecule has 0 amide bonds. The second-order valence-electron chi connectivity index (χ2n) is 3.17. The number of aliphatic carboxylic acids is 1. The number of hydrogen-bond acceptors (Lipinski definition) is 4. The fourth-order valence-electron chi connectivity index (χ4n) is 1.21. The predicted octanol–water partition coefficient (Wildman–Crippen LogP) is 2.26. The van der Waals surface area contributed by atoms with E-state index >= 15 is 0 Å². The summed E-state index contributed by atoms with van der Waals surface area (Å²) in [6.07, 6.45) is 3.43. The van der Waals surface area contributed by atoms with E-state index in [1.165, 1.54) is 11.8 Å². The van der Waals surface area contributed by atoms with Crippen LogP contribution in [0.25, 0.3) is 0 Å². The lowest BCUT2D eigenvalue weighted by atomic mass is 10.1. The molecular formula is C10H15NO3S. The third-order valence-electron chi connectivity index (χ3n) is 1.97. The minimum Gasteiger partial charge on any atom is -0.480 e. The minimum absolute atomic E-state index is 0.487. The predicted molar refractivity (Wildman–Crippen MR) is 61.1 cm³/mol. The van der Waals surface area contributed by atoms with E-state index in [9.17, 15) is 4.79 Å². The van der Waals surface area contributed by atoms with Gasteiger partial charge in [-0.1, -0.05) is 30.8 Å². The van der Waals surface area contributed by atoms with Gasteiger partial charge in [-0.3, -0.25) is 4.79 Å². The van der Waals surface area contributed by atoms with Crippen LogP contribution in [0.1, 0.15) is 26.7 Å². The second-order valence-corrected chi connectivity index (χ2v) is 4.30. The molecule has 0 saturated heterocycles. The Morgan fingerprint density at radius 2 is 2.40 bits per heavy atom. The van der Waals surface area contributed by atoms with Gasteiger partial charge in [-0.2, -0.15) is 0 Å². The first-order valence-electron chi connectivity index (χ1n) is 4.98. The molecule has 0 aromatic carbocycles. The fourth-order valence-corrected chi connectivity index (χ4v) is 2.25. The maximum Gasteiger partial charge on any atom is 0.321 e. The van der Waals surface area contributed by atoms with Gasteiger partial charge in [0, 0.05) is 0 Å². The van der Waals surface area contributed by atoms with Crippen LogP contribution >= 0.6 is 11.8 Å². The van der Waals surface area contributed by atoms with Crippen molar-refractivity contribution in [3.05, 3.63) is 11.6 Å². The molecule has 0 bridgehead atoms. The topological polar surface area (TPSA) is 58.9 Å². The molecule has 1 aliphatic heterocycles. The summed E-state index contributed by atoms with van der Waals surface area (Å²) in [6, 6.07) is 0. The Balaban J connectivity index is 2.62. The smallest absolute Gasteiger partial charge is 0.321 e. The number of carbonyl (C=O) groups is 1. The SMILES string of the molecule is CCCON=C1C=C(CC)C(C(=O)O)S1. The lowest BCUT2D eigenvalue weighted by Gasteiger charge is -2.05. The highest BCUT2D eigenvalue weighted by Crippen LogP contribution is 2.31. The van der Waals surface area contributed by atoms with Crippen molar-refractivity contribution in [2.75, 3.05) is 6.61 Å². The van der Waals surface area contributed by atoms with E-state index in [0.29, 0.717) is 11.7 Å². The van der Waals surface area contributed by atoms with Crippen molar-refractivity contribution in [3.63, 3.8) is 0 Å². The van der Waals surface area contributed by atoms with Crippen LogP contribution in [0, 0.1) is 0 Å². The lowest BCUT2D eigenvalue weighted by Crippen LogP contribution is -2.15. The molecule has 1 atom stereocenters. The maximum absolute atomic E-state index is 10.9. The summed E-state index contributed by atoms with van der Waals surface area (Å²) in [6.45, 7) is 4.50. The summed E-state index contributed by atoms with van der Waals surface area (Å²) in [5, 5.41) is 13.0. The molecule has 1 unspecified atom stereocenters. The Morgan fingerprint density at radius 3 is 2.87 bits per heavy atom. The molecule has 84 valence electrons. The van der Waals surface area contributed by atoms with Crippen LogP contribution in [-0.2, 0) is 9.63 Å². The summed E-state index contributed by atoms with van der Waals surface area (Å²) in [7, 11) is 0. The van der Waals surface area contributed by atoms with E-state index in [4.69, 9.17) is 9.94 Å². The number of nitrogens with zero attached hydrogens (tertiary/aromatic N) is 1. The van der Waals surface area contributed by atoms with Gasteiger partial charge in [-0.05, 0) is 24.5 Å². The van der Waals surface area contributed by atoms with Crippen molar-refractivity contribution in [2.24, 2.45) is 5.16 Å². The zero-order valence-electron chi connectivity index (χ0n) is 8.90. The van der Waals surface area contributed by atoms with E-state index < -0.39 is 11.2 Å². The summed E-state index contributed by atoms with van der Waals surface area (Å²) in [5.41, 5.74) is 0.895. The van der Waals surface area contributed by atoms with Crippen molar-refractivity contribution in [1.29, 1.82) is 0 Å². The summed E-state index contributed by atoms with van der Waals surface area (Å²) in [4.78, 5) is 15.9. The van der Waals surface area contributed by atoms with E-state index in [-0.39, 0.29) is 0 Å². The third kappa shape index (κ3) is 3.27. The number of hydrogen-bond donors (Lipinski definition) is 1. The van der Waals surface area contributed by atoms with E-state index in [1.807, 2.05) is 13.8 Å². The van der Waals surface area contributed by atoms with Crippen molar-refractivity contribution in [1.82, 2.24) is 0 Å². The van der Waals surface area contributed by atoms with Crippen LogP contribution < -0.4 is 0 Å². The maximum atomic E-state index is 10.9. The van der Waals surface area contributed by atoms with Crippen molar-refractivity contribution in [2.45, 2.75) is 31.9 Å². The molecule has 1 heterocycles. The van der Waals surface area contributed by atoms with Crippen LogP contribution in [0.15, 0.2) is 16.8 Å². The normalized spacial score (nSPS) is 22.9. The van der Waals surface area contributed by atoms with Gasteiger partial charge in [0.25, 0.3) is 0 Å². The van der Waals surface area contributed by atoms with Gasteiger partial charge >= 0.3 is 5.97 Å². The molecule has 0 aromatic heterocycles. The number of oxime groups is 1. The first kappa shape index (κ1) is 12.1. The molecule has 0 fully saturated rings. The fraction of sp³-hybridized carbons (Fsp3) is 0.600. The molecule has 0 saturated carbocycles. The minimum atomic E-state index is -0.811. The van der Waals surface area contributed by atoms with Gasteiger partial charge in [0.1, 0.15) is 16.9 Å². The van der Waals surface area contributed by atoms with Gasteiger partial charge in [-0.25, -0.2) is 0 Å². The molecule has 15 heavy (non-hydrogen) atoms. The molecule has 0 spiro atoms. The standard InChI is InChI=1S/C10H15NO3S/c1-3-5-14-11-8-6-7(4-2)9(15-8)10(12)13/h6,9H,3-5H2,1-2H3,(H,12,13). The summed E-state index contributed by atoms with van der Waals surface area (Å²) < 4.78 is 0. The molecule has 0 radical (unpaired) electrons. The van der Waals surface area contributed by atoms with Crippen LogP contribution in [0.5, 0.6) is 0 Å². The molecule has 5 heteroatoms. The molecule has 1 aliphatic rings. The Morgan fingerprint density at radius 1 is 1.67 bits per heavy atom. The number of thioether (sulfide) groups is 1. The monoisotopic (exact) mass is 229 g/mol. The van der Waals surface area contributed by atoms with E-state index in [0.717, 1.165) is 18.4 Å². The van der Waals surface area contributed by atoms with Crippen LogP contribution in [0.2, 0.25) is 0 Å². The van der Waals surface area contributed by atoms with Crippen molar-refractivity contribution < 1.29 is 14.7 Å². The highest BCUT2D eigenvalue weighted by molar-refractivity contribution is 8.16.